The lowest BCUT2D eigenvalue weighted by Gasteiger charge is -2.22. The van der Waals surface area contributed by atoms with Crippen LogP contribution in [0.1, 0.15) is 30.0 Å². The van der Waals surface area contributed by atoms with Gasteiger partial charge in [-0.2, -0.15) is 13.2 Å². The topological polar surface area (TPSA) is 46.2 Å². The van der Waals surface area contributed by atoms with Crippen LogP contribution in [-0.2, 0) is 6.18 Å². The van der Waals surface area contributed by atoms with E-state index in [2.05, 4.69) is 0 Å². The first kappa shape index (κ1) is 13.3. The predicted octanol–water partition coefficient (Wildman–Crippen LogP) is 2.62. The monoisotopic (exact) mass is 263 g/mol. The Morgan fingerprint density at radius 2 is 1.89 bits per heavy atom. The summed E-state index contributed by atoms with van der Waals surface area (Å²) in [6, 6.07) is 0.927. The van der Waals surface area contributed by atoms with Crippen molar-refractivity contribution < 1.29 is 22.7 Å². The van der Waals surface area contributed by atoms with Gasteiger partial charge in [0.1, 0.15) is 5.82 Å². The molecule has 0 saturated heterocycles. The Labute approximate surface area is 101 Å². The molecule has 2 nitrogen and oxygen atoms in total. The van der Waals surface area contributed by atoms with Crippen molar-refractivity contribution in [1.29, 1.82) is 0 Å². The van der Waals surface area contributed by atoms with Crippen molar-refractivity contribution in [3.05, 3.63) is 35.1 Å². The van der Waals surface area contributed by atoms with Crippen molar-refractivity contribution in [1.82, 2.24) is 0 Å². The van der Waals surface area contributed by atoms with E-state index < -0.39 is 29.7 Å². The molecule has 1 aliphatic carbocycles. The molecule has 3 N–H and O–H groups in total. The van der Waals surface area contributed by atoms with E-state index in [0.29, 0.717) is 6.07 Å². The summed E-state index contributed by atoms with van der Waals surface area (Å²) in [6.07, 6.45) is -4.19. The van der Waals surface area contributed by atoms with Crippen molar-refractivity contribution in [2.24, 2.45) is 11.7 Å². The van der Waals surface area contributed by atoms with Crippen LogP contribution in [0.2, 0.25) is 0 Å². The van der Waals surface area contributed by atoms with E-state index >= 15 is 0 Å². The average Bonchev–Trinajstić information content (AvgIpc) is 3.09. The number of benzene rings is 1. The third-order valence-electron chi connectivity index (χ3n) is 3.15. The number of halogens is 4. The van der Waals surface area contributed by atoms with Gasteiger partial charge in [-0.25, -0.2) is 4.39 Å². The minimum Gasteiger partial charge on any atom is -0.391 e. The second kappa shape index (κ2) is 4.51. The number of nitrogens with two attached hydrogens (primary N) is 1. The van der Waals surface area contributed by atoms with Gasteiger partial charge in [-0.1, -0.05) is 0 Å². The van der Waals surface area contributed by atoms with E-state index in [-0.39, 0.29) is 11.5 Å². The number of hydrogen-bond acceptors (Lipinski definition) is 2. The molecule has 2 atom stereocenters. The molecule has 18 heavy (non-hydrogen) atoms. The summed E-state index contributed by atoms with van der Waals surface area (Å²) in [4.78, 5) is 0. The summed E-state index contributed by atoms with van der Waals surface area (Å²) >= 11 is 0. The molecule has 1 aliphatic rings. The number of aliphatic hydroxyl groups excluding tert-OH is 1. The molecule has 1 aromatic carbocycles. The van der Waals surface area contributed by atoms with Gasteiger partial charge in [-0.3, -0.25) is 0 Å². The maximum atomic E-state index is 13.1. The summed E-state index contributed by atoms with van der Waals surface area (Å²) in [5, 5.41) is 9.78. The molecule has 0 bridgehead atoms. The smallest absolute Gasteiger partial charge is 0.391 e. The van der Waals surface area contributed by atoms with Gasteiger partial charge in [-0.15, -0.1) is 0 Å². The highest BCUT2D eigenvalue weighted by Gasteiger charge is 2.39. The standard InChI is InChI=1S/C12H13F4NO/c13-7-3-4-9(12(14,15)16)8(5-7)10(17)11(18)6-1-2-6/h3-6,10-11,18H,1-2,17H2/t10-,11+/m1/s1. The van der Waals surface area contributed by atoms with Crippen LogP contribution in [-0.4, -0.2) is 11.2 Å². The second-order valence-corrected chi connectivity index (χ2v) is 4.58. The van der Waals surface area contributed by atoms with E-state index in [1.165, 1.54) is 0 Å². The Bertz CT molecular complexity index is 442. The molecule has 6 heteroatoms. The highest BCUT2D eigenvalue weighted by atomic mass is 19.4. The van der Waals surface area contributed by atoms with E-state index in [0.717, 1.165) is 25.0 Å². The maximum absolute atomic E-state index is 13.1. The third kappa shape index (κ3) is 2.64. The lowest BCUT2D eigenvalue weighted by molar-refractivity contribution is -0.138. The number of rotatable bonds is 3. The maximum Gasteiger partial charge on any atom is 0.416 e. The number of aliphatic hydroxyl groups is 1. The van der Waals surface area contributed by atoms with Crippen LogP contribution >= 0.6 is 0 Å². The van der Waals surface area contributed by atoms with Crippen molar-refractivity contribution in [2.75, 3.05) is 0 Å². The fraction of sp³-hybridized carbons (Fsp3) is 0.500. The molecule has 0 spiro atoms. The molecular weight excluding hydrogens is 250 g/mol. The third-order valence-corrected chi connectivity index (χ3v) is 3.15. The number of alkyl halides is 3. The predicted molar refractivity (Wildman–Crippen MR) is 57.1 cm³/mol. The number of hydrogen-bond donors (Lipinski definition) is 2. The molecule has 1 aromatic rings. The van der Waals surface area contributed by atoms with E-state index in [9.17, 15) is 22.7 Å². The molecular formula is C12H13F4NO. The summed E-state index contributed by atoms with van der Waals surface area (Å²) in [7, 11) is 0. The van der Waals surface area contributed by atoms with E-state index in [4.69, 9.17) is 5.73 Å². The van der Waals surface area contributed by atoms with Gasteiger partial charge in [0.25, 0.3) is 0 Å². The van der Waals surface area contributed by atoms with Gasteiger partial charge < -0.3 is 10.8 Å². The Balaban J connectivity index is 2.37. The molecule has 2 rings (SSSR count). The first-order valence-corrected chi connectivity index (χ1v) is 5.61. The Hall–Kier alpha value is -1.14. The van der Waals surface area contributed by atoms with Gasteiger partial charge in [0, 0.05) is 0 Å². The molecule has 0 unspecified atom stereocenters. The van der Waals surface area contributed by atoms with Crippen molar-refractivity contribution in [3.8, 4) is 0 Å². The summed E-state index contributed by atoms with van der Waals surface area (Å²) in [6.45, 7) is 0. The van der Waals surface area contributed by atoms with Crippen molar-refractivity contribution >= 4 is 0 Å². The van der Waals surface area contributed by atoms with Crippen LogP contribution in [0.4, 0.5) is 17.6 Å². The Morgan fingerprint density at radius 1 is 1.28 bits per heavy atom. The second-order valence-electron chi connectivity index (χ2n) is 4.58. The average molecular weight is 263 g/mol. The van der Waals surface area contributed by atoms with Gasteiger partial charge in [0.2, 0.25) is 0 Å². The SMILES string of the molecule is N[C@H](c1cc(F)ccc1C(F)(F)F)[C@@H](O)C1CC1. The van der Waals surface area contributed by atoms with Crippen LogP contribution in [0.15, 0.2) is 18.2 Å². The van der Waals surface area contributed by atoms with E-state index in [1.54, 1.807) is 0 Å². The first-order chi connectivity index (χ1) is 8.30. The normalized spacial score (nSPS) is 19.7. The lowest BCUT2D eigenvalue weighted by Crippen LogP contribution is -2.30. The molecule has 1 fully saturated rings. The van der Waals surface area contributed by atoms with Crippen LogP contribution in [0.3, 0.4) is 0 Å². The van der Waals surface area contributed by atoms with Crippen LogP contribution in [0.25, 0.3) is 0 Å². The molecule has 0 radical (unpaired) electrons. The summed E-state index contributed by atoms with van der Waals surface area (Å²) in [5.74, 6) is -0.874. The van der Waals surface area contributed by atoms with Crippen molar-refractivity contribution in [3.63, 3.8) is 0 Å². The zero-order valence-corrected chi connectivity index (χ0v) is 9.41. The van der Waals surface area contributed by atoms with Gasteiger partial charge in [0.05, 0.1) is 17.7 Å². The highest BCUT2D eigenvalue weighted by Crippen LogP contribution is 2.40. The fourth-order valence-corrected chi connectivity index (χ4v) is 1.98. The molecule has 0 heterocycles. The molecule has 1 saturated carbocycles. The summed E-state index contributed by atoms with van der Waals surface area (Å²) < 4.78 is 51.4. The Kier molecular flexibility index (Phi) is 3.33. The zero-order chi connectivity index (χ0) is 13.5. The van der Waals surface area contributed by atoms with Crippen LogP contribution in [0.5, 0.6) is 0 Å². The summed E-state index contributed by atoms with van der Waals surface area (Å²) in [5.41, 5.74) is 4.25. The lowest BCUT2D eigenvalue weighted by atomic mass is 9.94. The highest BCUT2D eigenvalue weighted by molar-refractivity contribution is 5.33. The van der Waals surface area contributed by atoms with Gasteiger partial charge in [0.15, 0.2) is 0 Å². The minimum absolute atomic E-state index is 0.0793. The van der Waals surface area contributed by atoms with Crippen LogP contribution in [0, 0.1) is 11.7 Å². The molecule has 0 aliphatic heterocycles. The zero-order valence-electron chi connectivity index (χ0n) is 9.41. The van der Waals surface area contributed by atoms with E-state index in [1.807, 2.05) is 0 Å². The molecule has 0 amide bonds. The quantitative estimate of drug-likeness (QED) is 0.823. The van der Waals surface area contributed by atoms with Gasteiger partial charge in [-0.05, 0) is 42.5 Å². The Morgan fingerprint density at radius 3 is 2.39 bits per heavy atom. The molecule has 0 aromatic heterocycles. The minimum atomic E-state index is -4.61. The van der Waals surface area contributed by atoms with Crippen LogP contribution < -0.4 is 5.73 Å². The first-order valence-electron chi connectivity index (χ1n) is 5.61. The van der Waals surface area contributed by atoms with Crippen molar-refractivity contribution in [2.45, 2.75) is 31.2 Å². The fourth-order valence-electron chi connectivity index (χ4n) is 1.98. The molecule has 100 valence electrons. The van der Waals surface area contributed by atoms with Gasteiger partial charge >= 0.3 is 6.18 Å². The largest absolute Gasteiger partial charge is 0.416 e.